The summed E-state index contributed by atoms with van der Waals surface area (Å²) in [7, 11) is 0. The summed E-state index contributed by atoms with van der Waals surface area (Å²) in [6, 6.07) is 7.18. The van der Waals surface area contributed by atoms with Crippen molar-refractivity contribution in [2.45, 2.75) is 6.54 Å². The lowest BCUT2D eigenvalue weighted by Gasteiger charge is -2.05. The Kier molecular flexibility index (Phi) is 5.54. The summed E-state index contributed by atoms with van der Waals surface area (Å²) in [6.07, 6.45) is 1.02. The van der Waals surface area contributed by atoms with Gasteiger partial charge in [-0.25, -0.2) is 4.98 Å². The summed E-state index contributed by atoms with van der Waals surface area (Å²) in [6.45, 7) is -0.373. The quantitative estimate of drug-likeness (QED) is 0.494. The van der Waals surface area contributed by atoms with Crippen LogP contribution in [0.3, 0.4) is 0 Å². The van der Waals surface area contributed by atoms with E-state index in [1.54, 1.807) is 23.6 Å². The van der Waals surface area contributed by atoms with Crippen molar-refractivity contribution in [1.82, 2.24) is 9.55 Å². The van der Waals surface area contributed by atoms with Gasteiger partial charge < -0.3 is 5.32 Å². The van der Waals surface area contributed by atoms with Crippen molar-refractivity contribution < 1.29 is 9.72 Å². The van der Waals surface area contributed by atoms with Gasteiger partial charge in [-0.2, -0.15) is 0 Å². The van der Waals surface area contributed by atoms with E-state index in [1.807, 2.05) is 0 Å². The first-order chi connectivity index (χ1) is 12.8. The molecule has 0 aliphatic carbocycles. The number of anilines is 1. The number of hydrogen-bond acceptors (Lipinski definition) is 6. The minimum absolute atomic E-state index is 0.279. The monoisotopic (exact) mass is 424 g/mol. The number of carbonyl (C=O) groups excluding carboxylic acids is 1. The average Bonchev–Trinajstić information content (AvgIpc) is 3.07. The smallest absolute Gasteiger partial charge is 0.285 e. The Hall–Kier alpha value is -2.75. The van der Waals surface area contributed by atoms with Crippen molar-refractivity contribution in [2.24, 2.45) is 0 Å². The topological polar surface area (TPSA) is 107 Å². The summed E-state index contributed by atoms with van der Waals surface area (Å²) in [5.41, 5.74) is 0.530. The van der Waals surface area contributed by atoms with Crippen molar-refractivity contribution >= 4 is 51.3 Å². The minimum atomic E-state index is -0.641. The van der Waals surface area contributed by atoms with Crippen molar-refractivity contribution in [3.63, 3.8) is 0 Å². The van der Waals surface area contributed by atoms with Gasteiger partial charge in [0.05, 0.1) is 26.9 Å². The number of amides is 1. The van der Waals surface area contributed by atoms with Crippen molar-refractivity contribution in [3.05, 3.63) is 72.4 Å². The summed E-state index contributed by atoms with van der Waals surface area (Å²) in [5.74, 6) is -0.535. The SMILES string of the molecule is O=C(Cn1cc([N+](=O)[O-])ccc1=O)Nc1nc(-c2ccc(Cl)c(Cl)c2)cs1. The molecule has 1 amide bonds. The molecule has 0 unspecified atom stereocenters. The first-order valence-corrected chi connectivity index (χ1v) is 9.03. The number of thiazole rings is 1. The molecular formula is C16H10Cl2N4O4S. The number of nitro groups is 1. The second-order valence-electron chi connectivity index (χ2n) is 5.33. The van der Waals surface area contributed by atoms with Gasteiger partial charge >= 0.3 is 0 Å². The van der Waals surface area contributed by atoms with Crippen LogP contribution in [0.4, 0.5) is 10.8 Å². The van der Waals surface area contributed by atoms with Crippen LogP contribution < -0.4 is 10.9 Å². The largest absolute Gasteiger partial charge is 0.300 e. The van der Waals surface area contributed by atoms with E-state index in [4.69, 9.17) is 23.2 Å². The maximum atomic E-state index is 12.1. The van der Waals surface area contributed by atoms with Gasteiger partial charge in [0.15, 0.2) is 5.13 Å². The molecule has 3 rings (SSSR count). The van der Waals surface area contributed by atoms with Gasteiger partial charge in [-0.15, -0.1) is 11.3 Å². The average molecular weight is 425 g/mol. The van der Waals surface area contributed by atoms with Crippen molar-refractivity contribution in [3.8, 4) is 11.3 Å². The lowest BCUT2D eigenvalue weighted by molar-refractivity contribution is -0.385. The van der Waals surface area contributed by atoms with Crippen LogP contribution in [0.2, 0.25) is 10.0 Å². The molecule has 0 aliphatic heterocycles. The van der Waals surface area contributed by atoms with Gasteiger partial charge in [0, 0.05) is 23.1 Å². The van der Waals surface area contributed by atoms with E-state index in [2.05, 4.69) is 10.3 Å². The number of halogens is 2. The van der Waals surface area contributed by atoms with Gasteiger partial charge in [-0.05, 0) is 12.1 Å². The summed E-state index contributed by atoms with van der Waals surface area (Å²) < 4.78 is 0.959. The summed E-state index contributed by atoms with van der Waals surface area (Å²) in [5, 5.41) is 16.2. The zero-order valence-corrected chi connectivity index (χ0v) is 15.7. The Morgan fingerprint density at radius 1 is 1.26 bits per heavy atom. The van der Waals surface area contributed by atoms with E-state index in [9.17, 15) is 19.7 Å². The van der Waals surface area contributed by atoms with Crippen molar-refractivity contribution in [1.29, 1.82) is 0 Å². The van der Waals surface area contributed by atoms with E-state index >= 15 is 0 Å². The molecule has 0 atom stereocenters. The standard InChI is InChI=1S/C16H10Cl2N4O4S/c17-11-3-1-9(5-12(11)18)13-8-27-16(19-13)20-14(23)7-21-6-10(22(25)26)2-4-15(21)24/h1-6,8H,7H2,(H,19,20,23). The van der Waals surface area contributed by atoms with Crippen LogP contribution in [0.25, 0.3) is 11.3 Å². The molecule has 27 heavy (non-hydrogen) atoms. The second kappa shape index (κ2) is 7.87. The zero-order valence-electron chi connectivity index (χ0n) is 13.4. The number of hydrogen-bond donors (Lipinski definition) is 1. The first kappa shape index (κ1) is 19.0. The molecule has 0 aliphatic rings. The normalized spacial score (nSPS) is 10.6. The minimum Gasteiger partial charge on any atom is -0.300 e. The van der Waals surface area contributed by atoms with Crippen LogP contribution in [0.1, 0.15) is 0 Å². The number of nitrogens with one attached hydrogen (secondary N) is 1. The van der Waals surface area contributed by atoms with Crippen LogP contribution in [-0.4, -0.2) is 20.4 Å². The highest BCUT2D eigenvalue weighted by atomic mass is 35.5. The van der Waals surface area contributed by atoms with Gasteiger partial charge in [-0.1, -0.05) is 29.3 Å². The maximum Gasteiger partial charge on any atom is 0.285 e. The Morgan fingerprint density at radius 3 is 2.74 bits per heavy atom. The molecule has 1 N–H and O–H groups in total. The van der Waals surface area contributed by atoms with E-state index in [-0.39, 0.29) is 12.2 Å². The Balaban J connectivity index is 1.73. The molecule has 8 nitrogen and oxygen atoms in total. The zero-order chi connectivity index (χ0) is 19.6. The molecule has 3 aromatic rings. The van der Waals surface area contributed by atoms with E-state index in [1.165, 1.54) is 11.3 Å². The molecule has 2 heterocycles. The summed E-state index contributed by atoms with van der Waals surface area (Å²) >= 11 is 13.1. The molecular weight excluding hydrogens is 415 g/mol. The van der Waals surface area contributed by atoms with Gasteiger partial charge in [-0.3, -0.25) is 24.3 Å². The van der Waals surface area contributed by atoms with Gasteiger partial charge in [0.1, 0.15) is 6.54 Å². The lowest BCUT2D eigenvalue weighted by atomic mass is 10.2. The fraction of sp³-hybridized carbons (Fsp3) is 0.0625. The molecule has 0 radical (unpaired) electrons. The number of pyridine rings is 1. The number of rotatable bonds is 5. The molecule has 138 valence electrons. The highest BCUT2D eigenvalue weighted by Gasteiger charge is 2.13. The molecule has 11 heteroatoms. The predicted octanol–water partition coefficient (Wildman–Crippen LogP) is 3.83. The number of nitrogens with zero attached hydrogens (tertiary/aromatic N) is 3. The molecule has 1 aromatic carbocycles. The first-order valence-electron chi connectivity index (χ1n) is 7.39. The third-order valence-corrected chi connectivity index (χ3v) is 4.96. The second-order valence-corrected chi connectivity index (χ2v) is 7.00. The predicted molar refractivity (Wildman–Crippen MR) is 104 cm³/mol. The van der Waals surface area contributed by atoms with Crippen molar-refractivity contribution in [2.75, 3.05) is 5.32 Å². The lowest BCUT2D eigenvalue weighted by Crippen LogP contribution is -2.26. The van der Waals surface area contributed by atoms with Gasteiger partial charge in [0.2, 0.25) is 5.91 Å². The molecule has 0 spiro atoms. The molecule has 0 bridgehead atoms. The van der Waals surface area contributed by atoms with Crippen LogP contribution in [0.5, 0.6) is 0 Å². The number of carbonyl (C=O) groups is 1. The molecule has 2 aromatic heterocycles. The highest BCUT2D eigenvalue weighted by molar-refractivity contribution is 7.14. The van der Waals surface area contributed by atoms with Crippen LogP contribution >= 0.6 is 34.5 Å². The highest BCUT2D eigenvalue weighted by Crippen LogP contribution is 2.30. The Bertz CT molecular complexity index is 1100. The Labute approximate surface area is 166 Å². The summed E-state index contributed by atoms with van der Waals surface area (Å²) in [4.78, 5) is 38.3. The van der Waals surface area contributed by atoms with Gasteiger partial charge in [0.25, 0.3) is 11.2 Å². The van der Waals surface area contributed by atoms with Crippen LogP contribution in [-0.2, 0) is 11.3 Å². The maximum absolute atomic E-state index is 12.1. The van der Waals surface area contributed by atoms with E-state index in [0.29, 0.717) is 20.9 Å². The van der Waals surface area contributed by atoms with E-state index in [0.717, 1.165) is 28.5 Å². The fourth-order valence-corrected chi connectivity index (χ4v) is 3.22. The molecule has 0 fully saturated rings. The van der Waals surface area contributed by atoms with E-state index < -0.39 is 16.4 Å². The van der Waals surface area contributed by atoms with Crippen LogP contribution in [0, 0.1) is 10.1 Å². The molecule has 0 saturated heterocycles. The Morgan fingerprint density at radius 2 is 2.04 bits per heavy atom. The fourth-order valence-electron chi connectivity index (χ4n) is 2.18. The number of aromatic nitrogens is 2. The number of benzene rings is 1. The van der Waals surface area contributed by atoms with Crippen LogP contribution in [0.15, 0.2) is 46.7 Å². The third-order valence-electron chi connectivity index (χ3n) is 3.46. The molecule has 0 saturated carbocycles. The third kappa shape index (κ3) is 4.51.